The van der Waals surface area contributed by atoms with Crippen LogP contribution in [0.25, 0.3) is 0 Å². The van der Waals surface area contributed by atoms with Gasteiger partial charge in [0.25, 0.3) is 0 Å². The third-order valence-corrected chi connectivity index (χ3v) is 3.83. The molecule has 1 unspecified atom stereocenters. The number of halogens is 1. The Hall–Kier alpha value is -0.190. The van der Waals surface area contributed by atoms with Crippen LogP contribution < -0.4 is 5.32 Å². The van der Waals surface area contributed by atoms with Crippen LogP contribution in [0.1, 0.15) is 12.5 Å². The molecule has 15 heavy (non-hydrogen) atoms. The summed E-state index contributed by atoms with van der Waals surface area (Å²) in [4.78, 5) is 0. The van der Waals surface area contributed by atoms with Gasteiger partial charge in [-0.2, -0.15) is 11.8 Å². The van der Waals surface area contributed by atoms with Gasteiger partial charge in [-0.25, -0.2) is 0 Å². The molecule has 0 aromatic heterocycles. The molecule has 1 aromatic rings. The number of rotatable bonds is 5. The number of phenols is 1. The molecule has 4 heteroatoms. The molecule has 0 fully saturated rings. The van der Waals surface area contributed by atoms with Crippen molar-refractivity contribution in [1.82, 2.24) is 5.32 Å². The van der Waals surface area contributed by atoms with Crippen LogP contribution in [0.5, 0.6) is 5.75 Å². The summed E-state index contributed by atoms with van der Waals surface area (Å²) in [5, 5.41) is 13.6. The third kappa shape index (κ3) is 4.05. The van der Waals surface area contributed by atoms with Crippen molar-refractivity contribution in [2.24, 2.45) is 0 Å². The van der Waals surface area contributed by atoms with Gasteiger partial charge >= 0.3 is 0 Å². The van der Waals surface area contributed by atoms with Gasteiger partial charge in [-0.3, -0.25) is 0 Å². The largest absolute Gasteiger partial charge is 0.506 e. The van der Waals surface area contributed by atoms with E-state index in [-0.39, 0.29) is 0 Å². The van der Waals surface area contributed by atoms with Crippen molar-refractivity contribution in [2.75, 3.05) is 12.8 Å². The van der Waals surface area contributed by atoms with E-state index in [1.807, 2.05) is 30.0 Å². The predicted molar refractivity (Wildman–Crippen MR) is 70.5 cm³/mol. The van der Waals surface area contributed by atoms with E-state index in [9.17, 15) is 5.11 Å². The molecule has 0 saturated heterocycles. The zero-order valence-electron chi connectivity index (χ0n) is 8.96. The van der Waals surface area contributed by atoms with E-state index in [2.05, 4.69) is 34.4 Å². The minimum atomic E-state index is 0.335. The Morgan fingerprint density at radius 3 is 2.93 bits per heavy atom. The average Bonchev–Trinajstić information content (AvgIpc) is 2.24. The molecule has 0 aliphatic carbocycles. The number of hydrogen-bond acceptors (Lipinski definition) is 3. The van der Waals surface area contributed by atoms with Crippen LogP contribution in [0, 0.1) is 0 Å². The first-order valence-corrected chi connectivity index (χ1v) is 6.93. The lowest BCUT2D eigenvalue weighted by atomic mass is 10.2. The van der Waals surface area contributed by atoms with Gasteiger partial charge in [-0.15, -0.1) is 0 Å². The molecular formula is C11H16BrNOS. The van der Waals surface area contributed by atoms with E-state index in [0.717, 1.165) is 16.6 Å². The molecule has 2 N–H and O–H groups in total. The molecule has 2 nitrogen and oxygen atoms in total. The van der Waals surface area contributed by atoms with Crippen molar-refractivity contribution in [2.45, 2.75) is 18.7 Å². The van der Waals surface area contributed by atoms with Crippen LogP contribution in [0.4, 0.5) is 0 Å². The summed E-state index contributed by atoms with van der Waals surface area (Å²) in [6.07, 6.45) is 2.10. The lowest BCUT2D eigenvalue weighted by Gasteiger charge is -2.11. The summed E-state index contributed by atoms with van der Waals surface area (Å²) < 4.78 is 0.750. The summed E-state index contributed by atoms with van der Waals surface area (Å²) in [7, 11) is 0. The maximum Gasteiger partial charge on any atom is 0.134 e. The first-order chi connectivity index (χ1) is 7.15. The van der Waals surface area contributed by atoms with Gasteiger partial charge in [0.1, 0.15) is 5.75 Å². The van der Waals surface area contributed by atoms with E-state index in [1.165, 1.54) is 0 Å². The normalized spacial score (nSPS) is 12.7. The van der Waals surface area contributed by atoms with Crippen LogP contribution in [0.2, 0.25) is 0 Å². The molecule has 1 atom stereocenters. The van der Waals surface area contributed by atoms with Crippen molar-refractivity contribution in [1.29, 1.82) is 0 Å². The fourth-order valence-electron chi connectivity index (χ4n) is 1.20. The van der Waals surface area contributed by atoms with Crippen molar-refractivity contribution < 1.29 is 5.11 Å². The SMILES string of the molecule is CSC(C)CNCc1cccc(Br)c1O. The van der Waals surface area contributed by atoms with Crippen molar-refractivity contribution in [3.8, 4) is 5.75 Å². The van der Waals surface area contributed by atoms with E-state index in [4.69, 9.17) is 0 Å². The highest BCUT2D eigenvalue weighted by molar-refractivity contribution is 9.10. The van der Waals surface area contributed by atoms with Crippen molar-refractivity contribution in [3.05, 3.63) is 28.2 Å². The average molecular weight is 290 g/mol. The Kier molecular flexibility index (Phi) is 5.50. The van der Waals surface area contributed by atoms with Gasteiger partial charge in [0, 0.05) is 23.9 Å². The zero-order valence-corrected chi connectivity index (χ0v) is 11.4. The van der Waals surface area contributed by atoms with Crippen LogP contribution in [-0.2, 0) is 6.54 Å². The Morgan fingerprint density at radius 2 is 2.27 bits per heavy atom. The third-order valence-electron chi connectivity index (χ3n) is 2.22. The molecule has 0 bridgehead atoms. The van der Waals surface area contributed by atoms with Gasteiger partial charge in [0.2, 0.25) is 0 Å². The molecule has 0 amide bonds. The molecule has 84 valence electrons. The molecule has 0 aliphatic rings. The maximum atomic E-state index is 9.73. The topological polar surface area (TPSA) is 32.3 Å². The van der Waals surface area contributed by atoms with E-state index in [1.54, 1.807) is 0 Å². The van der Waals surface area contributed by atoms with Crippen LogP contribution in [-0.4, -0.2) is 23.2 Å². The smallest absolute Gasteiger partial charge is 0.134 e. The molecule has 1 aromatic carbocycles. The van der Waals surface area contributed by atoms with Gasteiger partial charge in [-0.1, -0.05) is 19.1 Å². The Bertz CT molecular complexity index is 319. The summed E-state index contributed by atoms with van der Waals surface area (Å²) >= 11 is 5.13. The minimum Gasteiger partial charge on any atom is -0.506 e. The standard InChI is InChI=1S/C11H16BrNOS/c1-8(15-2)6-13-7-9-4-3-5-10(12)11(9)14/h3-5,8,13-14H,6-7H2,1-2H3. The molecule has 0 saturated carbocycles. The number of nitrogens with one attached hydrogen (secondary N) is 1. The molecule has 1 rings (SSSR count). The quantitative estimate of drug-likeness (QED) is 0.874. The molecule has 0 spiro atoms. The predicted octanol–water partition coefficient (Wildman–Crippen LogP) is 3.00. The lowest BCUT2D eigenvalue weighted by Crippen LogP contribution is -2.22. The first-order valence-electron chi connectivity index (χ1n) is 4.85. The lowest BCUT2D eigenvalue weighted by molar-refractivity contribution is 0.461. The van der Waals surface area contributed by atoms with Gasteiger partial charge in [0.05, 0.1) is 4.47 Å². The van der Waals surface area contributed by atoms with Crippen molar-refractivity contribution >= 4 is 27.7 Å². The van der Waals surface area contributed by atoms with Gasteiger partial charge < -0.3 is 10.4 Å². The molecule has 0 heterocycles. The van der Waals surface area contributed by atoms with Gasteiger partial charge in [-0.05, 0) is 28.3 Å². The zero-order chi connectivity index (χ0) is 11.3. The van der Waals surface area contributed by atoms with Crippen molar-refractivity contribution in [3.63, 3.8) is 0 Å². The highest BCUT2D eigenvalue weighted by Gasteiger charge is 2.04. The first kappa shape index (κ1) is 12.9. The highest BCUT2D eigenvalue weighted by Crippen LogP contribution is 2.27. The van der Waals surface area contributed by atoms with E-state index in [0.29, 0.717) is 17.5 Å². The second-order valence-electron chi connectivity index (χ2n) is 3.42. The Morgan fingerprint density at radius 1 is 1.53 bits per heavy atom. The number of thioether (sulfide) groups is 1. The highest BCUT2D eigenvalue weighted by atomic mass is 79.9. The maximum absolute atomic E-state index is 9.73. The van der Waals surface area contributed by atoms with E-state index < -0.39 is 0 Å². The second kappa shape index (κ2) is 6.40. The summed E-state index contributed by atoms with van der Waals surface area (Å²) in [5.41, 5.74) is 0.928. The van der Waals surface area contributed by atoms with Crippen LogP contribution in [0.15, 0.2) is 22.7 Å². The number of hydrogen-bond donors (Lipinski definition) is 2. The number of benzene rings is 1. The fraction of sp³-hybridized carbons (Fsp3) is 0.455. The van der Waals surface area contributed by atoms with E-state index >= 15 is 0 Å². The Labute approximate surface area is 104 Å². The number of aromatic hydroxyl groups is 1. The molecular weight excluding hydrogens is 274 g/mol. The second-order valence-corrected chi connectivity index (χ2v) is 5.56. The Balaban J connectivity index is 2.47. The van der Waals surface area contributed by atoms with Crippen LogP contribution in [0.3, 0.4) is 0 Å². The summed E-state index contributed by atoms with van der Waals surface area (Å²) in [6.45, 7) is 3.84. The van der Waals surface area contributed by atoms with Gasteiger partial charge in [0.15, 0.2) is 0 Å². The minimum absolute atomic E-state index is 0.335. The number of phenolic OH excluding ortho intramolecular Hbond substituents is 1. The number of para-hydroxylation sites is 1. The molecule has 0 radical (unpaired) electrons. The fourth-order valence-corrected chi connectivity index (χ4v) is 1.89. The van der Waals surface area contributed by atoms with Crippen LogP contribution >= 0.6 is 27.7 Å². The summed E-state index contributed by atoms with van der Waals surface area (Å²) in [6, 6.07) is 5.69. The monoisotopic (exact) mass is 289 g/mol. The molecule has 0 aliphatic heterocycles. The summed E-state index contributed by atoms with van der Waals surface area (Å²) in [5.74, 6) is 0.335.